The van der Waals surface area contributed by atoms with Crippen LogP contribution in [-0.4, -0.2) is 50.9 Å². The maximum atomic E-state index is 12.4. The van der Waals surface area contributed by atoms with Crippen molar-refractivity contribution in [2.24, 2.45) is 0 Å². The molecule has 1 saturated heterocycles. The fraction of sp³-hybridized carbons (Fsp3) is 0.400. The van der Waals surface area contributed by atoms with E-state index in [1.165, 1.54) is 0 Å². The summed E-state index contributed by atoms with van der Waals surface area (Å²) >= 11 is 0. The predicted octanol–water partition coefficient (Wildman–Crippen LogP) is 1.12. The molecule has 0 N–H and O–H groups in total. The van der Waals surface area contributed by atoms with Gasteiger partial charge < -0.3 is 9.80 Å². The van der Waals surface area contributed by atoms with Crippen molar-refractivity contribution in [1.82, 2.24) is 4.90 Å². The average molecular weight is 306 g/mol. The third-order valence-electron chi connectivity index (χ3n) is 4.21. The maximum Gasteiger partial charge on any atom is 0.260 e. The molecule has 2 aliphatic rings. The standard InChI is InChI=1S/C15H18N2O3S/c1-16(11-7-8-21(19,20)10-11)9-13-12-5-3-4-6-14(12)17(2)15(13)18/h3-6,9,11H,7-8,10H2,1-2H3/b13-9-. The zero-order chi connectivity index (χ0) is 15.2. The van der Waals surface area contributed by atoms with Gasteiger partial charge in [-0.15, -0.1) is 0 Å². The monoisotopic (exact) mass is 306 g/mol. The molecule has 1 fully saturated rings. The smallest absolute Gasteiger partial charge is 0.260 e. The van der Waals surface area contributed by atoms with Gasteiger partial charge in [0.05, 0.1) is 22.8 Å². The lowest BCUT2D eigenvalue weighted by Gasteiger charge is -2.21. The number of anilines is 1. The minimum absolute atomic E-state index is 0.0478. The van der Waals surface area contributed by atoms with Crippen molar-refractivity contribution in [2.75, 3.05) is 30.5 Å². The number of fused-ring (bicyclic) bond motifs is 1. The van der Waals surface area contributed by atoms with Gasteiger partial charge in [0.2, 0.25) is 0 Å². The molecule has 2 heterocycles. The van der Waals surface area contributed by atoms with Crippen molar-refractivity contribution in [3.8, 4) is 0 Å². The molecule has 0 aliphatic carbocycles. The third-order valence-corrected chi connectivity index (χ3v) is 5.96. The van der Waals surface area contributed by atoms with Crippen LogP contribution in [0.1, 0.15) is 12.0 Å². The molecule has 0 saturated carbocycles. The van der Waals surface area contributed by atoms with E-state index in [0.717, 1.165) is 11.3 Å². The summed E-state index contributed by atoms with van der Waals surface area (Å²) in [5, 5.41) is 0. The van der Waals surface area contributed by atoms with Gasteiger partial charge in [-0.2, -0.15) is 0 Å². The molecule has 1 aromatic rings. The maximum absolute atomic E-state index is 12.4. The van der Waals surface area contributed by atoms with E-state index >= 15 is 0 Å². The minimum Gasteiger partial charge on any atom is -0.376 e. The van der Waals surface area contributed by atoms with Crippen LogP contribution in [0.2, 0.25) is 0 Å². The Balaban J connectivity index is 1.92. The van der Waals surface area contributed by atoms with Gasteiger partial charge in [0.25, 0.3) is 5.91 Å². The number of benzene rings is 1. The van der Waals surface area contributed by atoms with Crippen LogP contribution < -0.4 is 4.90 Å². The second-order valence-electron chi connectivity index (χ2n) is 5.65. The average Bonchev–Trinajstić information content (AvgIpc) is 2.93. The summed E-state index contributed by atoms with van der Waals surface area (Å²) in [5.41, 5.74) is 2.42. The first kappa shape index (κ1) is 14.1. The summed E-state index contributed by atoms with van der Waals surface area (Å²) < 4.78 is 23.1. The Morgan fingerprint density at radius 2 is 2.05 bits per heavy atom. The Hall–Kier alpha value is -1.82. The summed E-state index contributed by atoms with van der Waals surface area (Å²) in [6.07, 6.45) is 2.41. The number of nitrogens with zero attached hydrogens (tertiary/aromatic N) is 2. The van der Waals surface area contributed by atoms with Crippen molar-refractivity contribution < 1.29 is 13.2 Å². The van der Waals surface area contributed by atoms with Gasteiger partial charge in [-0.3, -0.25) is 4.79 Å². The molecule has 1 atom stereocenters. The highest BCUT2D eigenvalue weighted by Crippen LogP contribution is 2.35. The number of amides is 1. The van der Waals surface area contributed by atoms with Crippen LogP contribution in [0.3, 0.4) is 0 Å². The second-order valence-corrected chi connectivity index (χ2v) is 7.88. The highest BCUT2D eigenvalue weighted by Gasteiger charge is 2.33. The number of likely N-dealkylation sites (N-methyl/N-ethyl adjacent to an activating group) is 1. The molecule has 2 aliphatic heterocycles. The first-order chi connectivity index (χ1) is 9.89. The van der Waals surface area contributed by atoms with Crippen molar-refractivity contribution in [2.45, 2.75) is 12.5 Å². The van der Waals surface area contributed by atoms with Gasteiger partial charge in [0.15, 0.2) is 9.84 Å². The normalized spacial score (nSPS) is 25.4. The Kier molecular flexibility index (Phi) is 3.28. The van der Waals surface area contributed by atoms with Crippen LogP contribution >= 0.6 is 0 Å². The number of rotatable bonds is 2. The largest absolute Gasteiger partial charge is 0.376 e. The lowest BCUT2D eigenvalue weighted by atomic mass is 10.1. The van der Waals surface area contributed by atoms with Crippen molar-refractivity contribution in [3.63, 3.8) is 0 Å². The number of para-hydroxylation sites is 1. The van der Waals surface area contributed by atoms with Crippen LogP contribution in [0.25, 0.3) is 5.57 Å². The van der Waals surface area contributed by atoms with Gasteiger partial charge in [-0.25, -0.2) is 8.42 Å². The zero-order valence-electron chi connectivity index (χ0n) is 12.1. The molecule has 0 bridgehead atoms. The molecule has 3 rings (SSSR count). The molecular weight excluding hydrogens is 288 g/mol. The SMILES string of the molecule is CN1C(=O)/C(=C\N(C)C2CCS(=O)(=O)C2)c2ccccc21. The van der Waals surface area contributed by atoms with Crippen molar-refractivity contribution >= 4 is 27.0 Å². The summed E-state index contributed by atoms with van der Waals surface area (Å²) in [4.78, 5) is 15.8. The third kappa shape index (κ3) is 2.44. The van der Waals surface area contributed by atoms with Gasteiger partial charge in [0.1, 0.15) is 0 Å². The van der Waals surface area contributed by atoms with E-state index in [0.29, 0.717) is 12.0 Å². The Bertz CT molecular complexity index is 724. The van der Waals surface area contributed by atoms with Crippen LogP contribution in [0.15, 0.2) is 30.5 Å². The second kappa shape index (κ2) is 4.87. The molecule has 0 aromatic heterocycles. The Labute approximate surface area is 124 Å². The van der Waals surface area contributed by atoms with Crippen LogP contribution in [-0.2, 0) is 14.6 Å². The molecule has 1 amide bonds. The van der Waals surface area contributed by atoms with Gasteiger partial charge >= 0.3 is 0 Å². The quantitative estimate of drug-likeness (QED) is 0.769. The minimum atomic E-state index is -2.93. The van der Waals surface area contributed by atoms with Crippen molar-refractivity contribution in [1.29, 1.82) is 0 Å². The fourth-order valence-corrected chi connectivity index (χ4v) is 4.72. The topological polar surface area (TPSA) is 57.7 Å². The molecule has 6 heteroatoms. The van der Waals surface area contributed by atoms with E-state index in [1.807, 2.05) is 36.2 Å². The molecule has 1 aromatic carbocycles. The van der Waals surface area contributed by atoms with Crippen LogP contribution in [0.5, 0.6) is 0 Å². The van der Waals surface area contributed by atoms with Crippen molar-refractivity contribution in [3.05, 3.63) is 36.0 Å². The van der Waals surface area contributed by atoms with E-state index in [2.05, 4.69) is 0 Å². The molecule has 5 nitrogen and oxygen atoms in total. The van der Waals surface area contributed by atoms with E-state index in [1.54, 1.807) is 18.1 Å². The summed E-state index contributed by atoms with van der Waals surface area (Å²) in [7, 11) is 0.667. The number of hydrogen-bond acceptors (Lipinski definition) is 4. The fourth-order valence-electron chi connectivity index (χ4n) is 2.93. The van der Waals surface area contributed by atoms with Gasteiger partial charge in [0, 0.05) is 31.9 Å². The number of carbonyl (C=O) groups excluding carboxylic acids is 1. The van der Waals surface area contributed by atoms with E-state index in [-0.39, 0.29) is 23.5 Å². The van der Waals surface area contributed by atoms with E-state index in [4.69, 9.17) is 0 Å². The lowest BCUT2D eigenvalue weighted by Crippen LogP contribution is -2.29. The summed E-state index contributed by atoms with van der Waals surface area (Å²) in [6.45, 7) is 0. The lowest BCUT2D eigenvalue weighted by molar-refractivity contribution is -0.112. The van der Waals surface area contributed by atoms with Gasteiger partial charge in [-0.1, -0.05) is 18.2 Å². The van der Waals surface area contributed by atoms with E-state index in [9.17, 15) is 13.2 Å². The van der Waals surface area contributed by atoms with Crippen LogP contribution in [0.4, 0.5) is 5.69 Å². The van der Waals surface area contributed by atoms with E-state index < -0.39 is 9.84 Å². The first-order valence-corrected chi connectivity index (χ1v) is 8.73. The van der Waals surface area contributed by atoms with Gasteiger partial charge in [-0.05, 0) is 12.5 Å². The Morgan fingerprint density at radius 3 is 2.71 bits per heavy atom. The summed E-state index contributed by atoms with van der Waals surface area (Å²) in [5.74, 6) is 0.345. The highest BCUT2D eigenvalue weighted by molar-refractivity contribution is 7.91. The predicted molar refractivity (Wildman–Crippen MR) is 82.7 cm³/mol. The number of hydrogen-bond donors (Lipinski definition) is 0. The zero-order valence-corrected chi connectivity index (χ0v) is 12.9. The summed E-state index contributed by atoms with van der Waals surface area (Å²) in [6, 6.07) is 7.58. The highest BCUT2D eigenvalue weighted by atomic mass is 32.2. The first-order valence-electron chi connectivity index (χ1n) is 6.91. The number of sulfone groups is 1. The number of carbonyl (C=O) groups is 1. The molecular formula is C15H18N2O3S. The molecule has 0 spiro atoms. The van der Waals surface area contributed by atoms with Crippen LogP contribution in [0, 0.1) is 0 Å². The molecule has 112 valence electrons. The molecule has 1 unspecified atom stereocenters. The molecule has 0 radical (unpaired) electrons. The molecule has 21 heavy (non-hydrogen) atoms. The Morgan fingerprint density at radius 1 is 1.33 bits per heavy atom.